The molecule has 0 aliphatic heterocycles. The Hall–Kier alpha value is -1.89. The normalized spacial score (nSPS) is 20.4. The van der Waals surface area contributed by atoms with Crippen LogP contribution >= 0.6 is 0 Å². The van der Waals surface area contributed by atoms with E-state index in [-0.39, 0.29) is 17.2 Å². The number of hydrogen-bond donors (Lipinski definition) is 2. The monoisotopic (exact) mass is 347 g/mol. The fraction of sp³-hybridized carbons (Fsp3) is 0.333. The minimum Gasteiger partial charge on any atom is -0.495 e. The molecule has 0 spiro atoms. The third kappa shape index (κ3) is 3.45. The molecule has 0 saturated carbocycles. The van der Waals surface area contributed by atoms with Crippen LogP contribution in [0.4, 0.5) is 0 Å². The van der Waals surface area contributed by atoms with Gasteiger partial charge in [-0.05, 0) is 36.1 Å². The second-order valence-corrected chi connectivity index (χ2v) is 7.88. The first-order valence-corrected chi connectivity index (χ1v) is 9.34. The fourth-order valence-electron chi connectivity index (χ4n) is 3.08. The molecule has 24 heavy (non-hydrogen) atoms. The van der Waals surface area contributed by atoms with Crippen molar-refractivity contribution in [3.05, 3.63) is 59.7 Å². The first-order valence-electron chi connectivity index (χ1n) is 7.85. The Balaban J connectivity index is 1.75. The molecule has 0 fully saturated rings. The average molecular weight is 347 g/mol. The number of benzene rings is 2. The number of sulfonamides is 1. The molecular weight excluding hydrogens is 326 g/mol. The zero-order chi connectivity index (χ0) is 17.2. The Labute approximate surface area is 142 Å². The maximum absolute atomic E-state index is 12.5. The highest BCUT2D eigenvalue weighted by atomic mass is 32.2. The fourth-order valence-corrected chi connectivity index (χ4v) is 4.37. The summed E-state index contributed by atoms with van der Waals surface area (Å²) in [6.07, 6.45) is 1.71. The minimum atomic E-state index is -3.75. The van der Waals surface area contributed by atoms with Crippen LogP contribution in [0.25, 0.3) is 0 Å². The third-order valence-corrected chi connectivity index (χ3v) is 5.89. The van der Waals surface area contributed by atoms with Crippen molar-refractivity contribution >= 4 is 10.0 Å². The lowest BCUT2D eigenvalue weighted by atomic mass is 9.80. The van der Waals surface area contributed by atoms with Crippen LogP contribution in [-0.2, 0) is 22.9 Å². The van der Waals surface area contributed by atoms with Gasteiger partial charge in [-0.3, -0.25) is 0 Å². The largest absolute Gasteiger partial charge is 0.495 e. The first kappa shape index (κ1) is 17.0. The number of hydrogen-bond acceptors (Lipinski definition) is 4. The smallest absolute Gasteiger partial charge is 0.244 e. The molecule has 0 radical (unpaired) electrons. The molecule has 128 valence electrons. The molecule has 0 saturated heterocycles. The van der Waals surface area contributed by atoms with E-state index in [1.54, 1.807) is 18.2 Å². The lowest BCUT2D eigenvalue weighted by Gasteiger charge is -2.33. The maximum Gasteiger partial charge on any atom is 0.244 e. The van der Waals surface area contributed by atoms with Gasteiger partial charge >= 0.3 is 0 Å². The number of aliphatic hydroxyl groups is 1. The first-order chi connectivity index (χ1) is 11.4. The Morgan fingerprint density at radius 3 is 2.54 bits per heavy atom. The van der Waals surface area contributed by atoms with Gasteiger partial charge in [-0.2, -0.15) is 0 Å². The molecule has 0 aromatic heterocycles. The summed E-state index contributed by atoms with van der Waals surface area (Å²) in [5.74, 6) is 0.283. The van der Waals surface area contributed by atoms with Crippen LogP contribution in [0.15, 0.2) is 53.4 Å². The average Bonchev–Trinajstić information content (AvgIpc) is 2.60. The summed E-state index contributed by atoms with van der Waals surface area (Å²) < 4.78 is 32.7. The molecule has 1 atom stereocenters. The van der Waals surface area contributed by atoms with Crippen molar-refractivity contribution < 1.29 is 18.3 Å². The van der Waals surface area contributed by atoms with Crippen molar-refractivity contribution in [2.75, 3.05) is 13.7 Å². The van der Waals surface area contributed by atoms with Crippen LogP contribution < -0.4 is 9.46 Å². The number of fused-ring (bicyclic) bond motifs is 1. The highest BCUT2D eigenvalue weighted by molar-refractivity contribution is 7.89. The summed E-state index contributed by atoms with van der Waals surface area (Å²) in [5.41, 5.74) is 1.21. The van der Waals surface area contributed by atoms with Crippen molar-refractivity contribution in [3.8, 4) is 5.75 Å². The molecule has 3 rings (SSSR count). The predicted molar refractivity (Wildman–Crippen MR) is 91.6 cm³/mol. The van der Waals surface area contributed by atoms with E-state index >= 15 is 0 Å². The third-order valence-electron chi connectivity index (χ3n) is 4.45. The lowest BCUT2D eigenvalue weighted by molar-refractivity contribution is 0.0317. The van der Waals surface area contributed by atoms with E-state index in [1.165, 1.54) is 18.7 Å². The van der Waals surface area contributed by atoms with Gasteiger partial charge < -0.3 is 9.84 Å². The van der Waals surface area contributed by atoms with Gasteiger partial charge in [-0.15, -0.1) is 0 Å². The predicted octanol–water partition coefficient (Wildman–Crippen LogP) is 1.89. The lowest BCUT2D eigenvalue weighted by Crippen LogP contribution is -2.46. The van der Waals surface area contributed by atoms with Crippen molar-refractivity contribution in [1.82, 2.24) is 4.72 Å². The van der Waals surface area contributed by atoms with Gasteiger partial charge in [0.15, 0.2) is 0 Å². The van der Waals surface area contributed by atoms with E-state index in [0.717, 1.165) is 12.0 Å². The number of nitrogens with one attached hydrogen (secondary N) is 1. The molecular formula is C18H21NO4S. The van der Waals surface area contributed by atoms with Gasteiger partial charge in [0.1, 0.15) is 10.6 Å². The van der Waals surface area contributed by atoms with Gasteiger partial charge in [0.2, 0.25) is 10.0 Å². The number of ether oxygens (including phenoxy) is 1. The van der Waals surface area contributed by atoms with E-state index in [2.05, 4.69) is 4.72 Å². The second kappa shape index (κ2) is 6.55. The summed E-state index contributed by atoms with van der Waals surface area (Å²) in [5, 5.41) is 10.8. The number of rotatable bonds is 5. The van der Waals surface area contributed by atoms with E-state index in [0.29, 0.717) is 12.8 Å². The minimum absolute atomic E-state index is 0.0261. The molecule has 0 bridgehead atoms. The summed E-state index contributed by atoms with van der Waals surface area (Å²) in [6.45, 7) is -0.0261. The molecule has 2 N–H and O–H groups in total. The summed E-state index contributed by atoms with van der Waals surface area (Å²) in [6, 6.07) is 14.4. The maximum atomic E-state index is 12.5. The van der Waals surface area contributed by atoms with Crippen LogP contribution in [0.3, 0.4) is 0 Å². The van der Waals surface area contributed by atoms with Crippen LogP contribution in [0.5, 0.6) is 5.75 Å². The van der Waals surface area contributed by atoms with Gasteiger partial charge in [0, 0.05) is 13.0 Å². The SMILES string of the molecule is COc1ccccc1S(=O)(=O)NCC1(O)CCc2ccccc2C1. The molecule has 5 nitrogen and oxygen atoms in total. The van der Waals surface area contributed by atoms with Crippen LogP contribution in [0.1, 0.15) is 17.5 Å². The zero-order valence-electron chi connectivity index (χ0n) is 13.5. The Bertz CT molecular complexity index is 834. The van der Waals surface area contributed by atoms with Crippen molar-refractivity contribution in [2.24, 2.45) is 0 Å². The van der Waals surface area contributed by atoms with Crippen LogP contribution in [-0.4, -0.2) is 32.8 Å². The summed E-state index contributed by atoms with van der Waals surface area (Å²) in [7, 11) is -2.32. The molecule has 1 unspecified atom stereocenters. The van der Waals surface area contributed by atoms with E-state index in [9.17, 15) is 13.5 Å². The van der Waals surface area contributed by atoms with E-state index in [1.807, 2.05) is 24.3 Å². The second-order valence-electron chi connectivity index (χ2n) is 6.15. The highest BCUT2D eigenvalue weighted by Gasteiger charge is 2.33. The molecule has 2 aromatic rings. The van der Waals surface area contributed by atoms with Gasteiger partial charge in [0.05, 0.1) is 12.7 Å². The van der Waals surface area contributed by atoms with E-state index < -0.39 is 15.6 Å². The zero-order valence-corrected chi connectivity index (χ0v) is 14.3. The summed E-state index contributed by atoms with van der Waals surface area (Å²) >= 11 is 0. The number of aryl methyl sites for hydroxylation is 1. The van der Waals surface area contributed by atoms with E-state index in [4.69, 9.17) is 4.74 Å². The Morgan fingerprint density at radius 1 is 1.12 bits per heavy atom. The highest BCUT2D eigenvalue weighted by Crippen LogP contribution is 2.29. The molecule has 6 heteroatoms. The van der Waals surface area contributed by atoms with Crippen LogP contribution in [0, 0.1) is 0 Å². The Kier molecular flexibility index (Phi) is 4.62. The van der Waals surface area contributed by atoms with Crippen molar-refractivity contribution in [1.29, 1.82) is 0 Å². The van der Waals surface area contributed by atoms with Crippen molar-refractivity contribution in [2.45, 2.75) is 29.8 Å². The molecule has 1 aliphatic carbocycles. The molecule has 0 heterocycles. The topological polar surface area (TPSA) is 75.6 Å². The molecule has 1 aliphatic rings. The van der Waals surface area contributed by atoms with Gasteiger partial charge in [-0.25, -0.2) is 13.1 Å². The quantitative estimate of drug-likeness (QED) is 0.866. The molecule has 2 aromatic carbocycles. The van der Waals surface area contributed by atoms with Crippen molar-refractivity contribution in [3.63, 3.8) is 0 Å². The van der Waals surface area contributed by atoms with Gasteiger partial charge in [0.25, 0.3) is 0 Å². The Morgan fingerprint density at radius 2 is 1.79 bits per heavy atom. The number of para-hydroxylation sites is 1. The standard InChI is InChI=1S/C18H21NO4S/c1-23-16-8-4-5-9-17(16)24(21,22)19-13-18(20)11-10-14-6-2-3-7-15(14)12-18/h2-9,19-20H,10-13H2,1H3. The molecule has 0 amide bonds. The number of methoxy groups -OCH3 is 1. The summed E-state index contributed by atoms with van der Waals surface area (Å²) in [4.78, 5) is 0.0762. The van der Waals surface area contributed by atoms with Gasteiger partial charge in [-0.1, -0.05) is 36.4 Å². The van der Waals surface area contributed by atoms with Crippen LogP contribution in [0.2, 0.25) is 0 Å².